The number of aromatic amines is 1. The molecule has 0 aliphatic carbocycles. The molecule has 2 N–H and O–H groups in total. The molecule has 30 heavy (non-hydrogen) atoms. The fraction of sp³-hybridized carbons (Fsp3) is 0.174. The minimum absolute atomic E-state index is 0.167. The van der Waals surface area contributed by atoms with Crippen LogP contribution in [-0.4, -0.2) is 35.0 Å². The number of carbonyl (C=O) groups excluding carboxylic acids is 1. The number of rotatable bonds is 6. The highest BCUT2D eigenvalue weighted by Gasteiger charge is 2.11. The largest absolute Gasteiger partial charge is 0.494 e. The van der Waals surface area contributed by atoms with Crippen molar-refractivity contribution in [3.8, 4) is 5.75 Å². The molecule has 2 aromatic carbocycles. The van der Waals surface area contributed by atoms with Gasteiger partial charge in [-0.3, -0.25) is 4.79 Å². The molecule has 152 valence electrons. The number of ether oxygens (including phenoxy) is 1. The smallest absolute Gasteiger partial charge is 0.250 e. The summed E-state index contributed by atoms with van der Waals surface area (Å²) in [6.45, 7) is 3.92. The summed E-state index contributed by atoms with van der Waals surface area (Å²) in [5.74, 6) is 0.806. The molecular weight excluding hydrogens is 396 g/mol. The average molecular weight is 419 g/mol. The minimum atomic E-state index is -0.167. The van der Waals surface area contributed by atoms with E-state index in [4.69, 9.17) is 4.74 Å². The van der Waals surface area contributed by atoms with Crippen molar-refractivity contribution in [2.75, 3.05) is 12.9 Å². The highest BCUT2D eigenvalue weighted by molar-refractivity contribution is 8.00. The fourth-order valence-electron chi connectivity index (χ4n) is 3.41. The summed E-state index contributed by atoms with van der Waals surface area (Å²) in [5.41, 5.74) is 7.34. The van der Waals surface area contributed by atoms with Gasteiger partial charge in [0.25, 0.3) is 0 Å². The minimum Gasteiger partial charge on any atom is -0.494 e. The fourth-order valence-corrected chi connectivity index (χ4v) is 4.33. The number of aryl methyl sites for hydroxylation is 2. The highest BCUT2D eigenvalue weighted by Crippen LogP contribution is 2.32. The summed E-state index contributed by atoms with van der Waals surface area (Å²) in [6.07, 6.45) is 1.69. The van der Waals surface area contributed by atoms with E-state index < -0.39 is 0 Å². The van der Waals surface area contributed by atoms with E-state index >= 15 is 0 Å². The molecule has 4 aromatic rings. The van der Waals surface area contributed by atoms with Crippen molar-refractivity contribution in [2.24, 2.45) is 5.10 Å². The first-order valence-electron chi connectivity index (χ1n) is 9.53. The lowest BCUT2D eigenvalue weighted by molar-refractivity contribution is -0.118. The Labute approximate surface area is 178 Å². The van der Waals surface area contributed by atoms with E-state index in [9.17, 15) is 4.79 Å². The zero-order valence-electron chi connectivity index (χ0n) is 17.0. The van der Waals surface area contributed by atoms with Gasteiger partial charge in [-0.15, -0.1) is 11.8 Å². The number of benzene rings is 2. The van der Waals surface area contributed by atoms with Gasteiger partial charge in [0.1, 0.15) is 11.3 Å². The number of amides is 1. The van der Waals surface area contributed by atoms with Crippen LogP contribution in [0.1, 0.15) is 17.0 Å². The first-order valence-corrected chi connectivity index (χ1v) is 10.5. The van der Waals surface area contributed by atoms with Crippen LogP contribution in [0.4, 0.5) is 0 Å². The van der Waals surface area contributed by atoms with Crippen LogP contribution in [-0.2, 0) is 4.79 Å². The van der Waals surface area contributed by atoms with Crippen LogP contribution in [0.25, 0.3) is 21.8 Å². The molecule has 1 amide bonds. The number of methoxy groups -OCH3 is 1. The SMILES string of the molecule is COc1cccc2c(SCC(=O)NN=Cc3c(C)[nH]c4ccccc34)cc(C)nc12. The van der Waals surface area contributed by atoms with Crippen molar-refractivity contribution in [1.82, 2.24) is 15.4 Å². The molecule has 0 unspecified atom stereocenters. The number of carbonyl (C=O) groups is 1. The van der Waals surface area contributed by atoms with Gasteiger partial charge in [0, 0.05) is 38.1 Å². The summed E-state index contributed by atoms with van der Waals surface area (Å²) >= 11 is 1.46. The standard InChI is InChI=1S/C23H22N4O2S/c1-14-11-21(17-8-6-10-20(29-3)23(17)25-14)30-13-22(28)27-24-12-18-15(2)26-19-9-5-4-7-16(18)19/h4-12,26H,13H2,1-3H3,(H,27,28). The van der Waals surface area contributed by atoms with Crippen LogP contribution in [0, 0.1) is 13.8 Å². The van der Waals surface area contributed by atoms with Gasteiger partial charge < -0.3 is 9.72 Å². The molecule has 0 radical (unpaired) electrons. The van der Waals surface area contributed by atoms with Gasteiger partial charge in [-0.25, -0.2) is 10.4 Å². The third-order valence-electron chi connectivity index (χ3n) is 4.80. The molecule has 0 spiro atoms. The van der Waals surface area contributed by atoms with Crippen LogP contribution >= 0.6 is 11.8 Å². The Bertz CT molecular complexity index is 1260. The maximum absolute atomic E-state index is 12.3. The lowest BCUT2D eigenvalue weighted by Gasteiger charge is -2.10. The quantitative estimate of drug-likeness (QED) is 0.273. The van der Waals surface area contributed by atoms with Crippen LogP contribution in [0.3, 0.4) is 0 Å². The van der Waals surface area contributed by atoms with Gasteiger partial charge in [0.05, 0.1) is 19.1 Å². The van der Waals surface area contributed by atoms with Crippen molar-refractivity contribution in [3.05, 3.63) is 65.5 Å². The first-order chi connectivity index (χ1) is 14.6. The van der Waals surface area contributed by atoms with Gasteiger partial charge in [-0.1, -0.05) is 30.3 Å². The number of nitrogens with zero attached hydrogens (tertiary/aromatic N) is 2. The molecule has 0 bridgehead atoms. The number of fused-ring (bicyclic) bond motifs is 2. The number of aromatic nitrogens is 2. The summed E-state index contributed by atoms with van der Waals surface area (Å²) in [7, 11) is 1.63. The van der Waals surface area contributed by atoms with Crippen LogP contribution in [0.2, 0.25) is 0 Å². The molecule has 0 atom stereocenters. The molecule has 2 aromatic heterocycles. The number of para-hydroxylation sites is 2. The van der Waals surface area contributed by atoms with Crippen molar-refractivity contribution < 1.29 is 9.53 Å². The van der Waals surface area contributed by atoms with E-state index in [1.165, 1.54) is 11.8 Å². The molecule has 0 aliphatic rings. The number of pyridine rings is 1. The van der Waals surface area contributed by atoms with Crippen LogP contribution < -0.4 is 10.2 Å². The van der Waals surface area contributed by atoms with Gasteiger partial charge >= 0.3 is 0 Å². The first kappa shape index (κ1) is 20.0. The van der Waals surface area contributed by atoms with E-state index in [0.29, 0.717) is 0 Å². The van der Waals surface area contributed by atoms with Gasteiger partial charge in [0.15, 0.2) is 0 Å². The molecule has 0 saturated heterocycles. The maximum atomic E-state index is 12.3. The Morgan fingerprint density at radius 1 is 1.20 bits per heavy atom. The van der Waals surface area contributed by atoms with E-state index in [1.807, 2.05) is 62.4 Å². The van der Waals surface area contributed by atoms with Crippen molar-refractivity contribution in [2.45, 2.75) is 18.7 Å². The molecule has 7 heteroatoms. The molecule has 0 aliphatic heterocycles. The Hall–Kier alpha value is -3.32. The monoisotopic (exact) mass is 418 g/mol. The normalized spacial score (nSPS) is 11.4. The zero-order chi connectivity index (χ0) is 21.1. The Kier molecular flexibility index (Phi) is 5.72. The maximum Gasteiger partial charge on any atom is 0.250 e. The molecule has 0 saturated carbocycles. The number of hydrogen-bond acceptors (Lipinski definition) is 5. The number of thioether (sulfide) groups is 1. The molecule has 0 fully saturated rings. The van der Waals surface area contributed by atoms with E-state index in [2.05, 4.69) is 20.5 Å². The lowest BCUT2D eigenvalue weighted by Crippen LogP contribution is -2.19. The van der Waals surface area contributed by atoms with E-state index in [1.54, 1.807) is 13.3 Å². The number of hydrogen-bond donors (Lipinski definition) is 2. The van der Waals surface area contributed by atoms with E-state index in [-0.39, 0.29) is 11.7 Å². The van der Waals surface area contributed by atoms with Crippen molar-refractivity contribution >= 4 is 45.7 Å². The predicted molar refractivity (Wildman–Crippen MR) is 123 cm³/mol. The second kappa shape index (κ2) is 8.59. The number of H-pyrrole nitrogens is 1. The third-order valence-corrected chi connectivity index (χ3v) is 5.85. The summed E-state index contributed by atoms with van der Waals surface area (Å²) in [4.78, 5) is 21.2. The number of nitrogens with one attached hydrogen (secondary N) is 2. The molecular formula is C23H22N4O2S. The average Bonchev–Trinajstić information content (AvgIpc) is 3.06. The Morgan fingerprint density at radius 3 is 2.83 bits per heavy atom. The summed E-state index contributed by atoms with van der Waals surface area (Å²) in [6, 6.07) is 15.8. The van der Waals surface area contributed by atoms with Crippen LogP contribution in [0.15, 0.2) is 58.5 Å². The predicted octanol–water partition coefficient (Wildman–Crippen LogP) is 4.58. The Morgan fingerprint density at radius 2 is 2.00 bits per heavy atom. The highest BCUT2D eigenvalue weighted by atomic mass is 32.2. The zero-order valence-corrected chi connectivity index (χ0v) is 17.8. The number of hydrazone groups is 1. The topological polar surface area (TPSA) is 79.4 Å². The van der Waals surface area contributed by atoms with Crippen molar-refractivity contribution in [3.63, 3.8) is 0 Å². The second-order valence-corrected chi connectivity index (χ2v) is 7.93. The Balaban J connectivity index is 1.45. The van der Waals surface area contributed by atoms with Gasteiger partial charge in [-0.2, -0.15) is 5.10 Å². The molecule has 4 rings (SSSR count). The van der Waals surface area contributed by atoms with E-state index in [0.717, 1.165) is 49.4 Å². The van der Waals surface area contributed by atoms with Crippen molar-refractivity contribution in [1.29, 1.82) is 0 Å². The summed E-state index contributed by atoms with van der Waals surface area (Å²) < 4.78 is 5.42. The van der Waals surface area contributed by atoms with Gasteiger partial charge in [-0.05, 0) is 32.0 Å². The lowest BCUT2D eigenvalue weighted by atomic mass is 10.1. The summed E-state index contributed by atoms with van der Waals surface area (Å²) in [5, 5.41) is 6.20. The molecule has 6 nitrogen and oxygen atoms in total. The molecule has 2 heterocycles. The van der Waals surface area contributed by atoms with Gasteiger partial charge in [0.2, 0.25) is 5.91 Å². The second-order valence-electron chi connectivity index (χ2n) is 6.91. The van der Waals surface area contributed by atoms with Crippen LogP contribution in [0.5, 0.6) is 5.75 Å². The third kappa shape index (κ3) is 4.02.